The molecule has 5 nitrogen and oxygen atoms in total. The number of aromatic carboxylic acids is 1. The van der Waals surface area contributed by atoms with E-state index in [1.165, 1.54) is 0 Å². The molecule has 0 spiro atoms. The number of hydrogen-bond acceptors (Lipinski definition) is 3. The molecule has 1 N–H and O–H groups in total. The molecule has 0 amide bonds. The van der Waals surface area contributed by atoms with E-state index in [9.17, 15) is 9.90 Å². The van der Waals surface area contributed by atoms with Gasteiger partial charge in [0.1, 0.15) is 5.65 Å². The zero-order valence-electron chi connectivity index (χ0n) is 10.2. The van der Waals surface area contributed by atoms with Crippen LogP contribution in [0.25, 0.3) is 11.0 Å². The predicted octanol–water partition coefficient (Wildman–Crippen LogP) is 2.52. The van der Waals surface area contributed by atoms with E-state index in [4.69, 9.17) is 5.26 Å². The highest BCUT2D eigenvalue weighted by Gasteiger charge is 2.22. The minimum atomic E-state index is -0.964. The van der Waals surface area contributed by atoms with Crippen LogP contribution >= 0.6 is 0 Å². The van der Waals surface area contributed by atoms with Gasteiger partial charge in [0.2, 0.25) is 0 Å². The molecule has 5 heteroatoms. The maximum Gasteiger partial charge on any atom is 0.338 e. The van der Waals surface area contributed by atoms with Crippen molar-refractivity contribution in [1.29, 1.82) is 5.26 Å². The van der Waals surface area contributed by atoms with Gasteiger partial charge in [-0.2, -0.15) is 5.26 Å². The van der Waals surface area contributed by atoms with Crippen molar-refractivity contribution in [2.75, 3.05) is 0 Å². The first-order valence-corrected chi connectivity index (χ1v) is 5.63. The number of nitriles is 1. The summed E-state index contributed by atoms with van der Waals surface area (Å²) in [4.78, 5) is 15.6. The molecule has 1 atom stereocenters. The van der Waals surface area contributed by atoms with E-state index in [0.717, 1.165) is 0 Å². The second kappa shape index (κ2) is 4.49. The molecule has 1 unspecified atom stereocenters. The van der Waals surface area contributed by atoms with Crippen LogP contribution in [-0.2, 0) is 0 Å². The van der Waals surface area contributed by atoms with Gasteiger partial charge in [0, 0.05) is 23.3 Å². The summed E-state index contributed by atoms with van der Waals surface area (Å²) in [7, 11) is 0. The minimum absolute atomic E-state index is 0.0968. The highest BCUT2D eigenvalue weighted by atomic mass is 16.4. The van der Waals surface area contributed by atoms with Crippen LogP contribution in [0.3, 0.4) is 0 Å². The molecule has 2 aromatic rings. The molecular formula is C13H13N3O2. The van der Waals surface area contributed by atoms with Crippen molar-refractivity contribution in [2.45, 2.75) is 26.3 Å². The fourth-order valence-electron chi connectivity index (χ4n) is 2.29. The summed E-state index contributed by atoms with van der Waals surface area (Å²) in [5.74, 6) is -0.964. The monoisotopic (exact) mass is 243 g/mol. The Morgan fingerprint density at radius 3 is 3.00 bits per heavy atom. The number of rotatable bonds is 3. The fourth-order valence-corrected chi connectivity index (χ4v) is 2.29. The zero-order valence-corrected chi connectivity index (χ0v) is 10.2. The van der Waals surface area contributed by atoms with Crippen LogP contribution in [0.4, 0.5) is 0 Å². The topological polar surface area (TPSA) is 78.9 Å². The molecule has 0 aliphatic heterocycles. The Bertz CT molecular complexity index is 652. The highest BCUT2D eigenvalue weighted by Crippen LogP contribution is 2.28. The van der Waals surface area contributed by atoms with E-state index in [0.29, 0.717) is 23.1 Å². The Morgan fingerprint density at radius 1 is 1.67 bits per heavy atom. The van der Waals surface area contributed by atoms with E-state index in [2.05, 4.69) is 11.1 Å². The van der Waals surface area contributed by atoms with Gasteiger partial charge < -0.3 is 9.67 Å². The molecule has 2 rings (SSSR count). The second-order valence-corrected chi connectivity index (χ2v) is 4.22. The first kappa shape index (κ1) is 12.1. The predicted molar refractivity (Wildman–Crippen MR) is 66.4 cm³/mol. The Balaban J connectivity index is 2.78. The molecular weight excluding hydrogens is 230 g/mol. The van der Waals surface area contributed by atoms with Crippen LogP contribution in [-0.4, -0.2) is 20.6 Å². The largest absolute Gasteiger partial charge is 0.478 e. The number of nitrogens with zero attached hydrogens (tertiary/aromatic N) is 3. The van der Waals surface area contributed by atoms with E-state index in [-0.39, 0.29) is 11.6 Å². The van der Waals surface area contributed by atoms with Crippen LogP contribution in [0.1, 0.15) is 35.4 Å². The number of carbonyl (C=O) groups is 1. The van der Waals surface area contributed by atoms with Gasteiger partial charge in [-0.15, -0.1) is 0 Å². The lowest BCUT2D eigenvalue weighted by molar-refractivity contribution is 0.0698. The molecule has 0 saturated carbocycles. The van der Waals surface area contributed by atoms with E-state index in [1.807, 2.05) is 11.5 Å². The standard InChI is InChI=1S/C13H13N3O2/c1-8(5-6-14)16-9(2)11(13(17)18)10-4-3-7-15-12(10)16/h3-4,7-8H,5H2,1-2H3,(H,17,18). The summed E-state index contributed by atoms with van der Waals surface area (Å²) >= 11 is 0. The van der Waals surface area contributed by atoms with Gasteiger partial charge in [-0.3, -0.25) is 0 Å². The van der Waals surface area contributed by atoms with Crippen molar-refractivity contribution >= 4 is 17.0 Å². The highest BCUT2D eigenvalue weighted by molar-refractivity contribution is 6.04. The third-order valence-corrected chi connectivity index (χ3v) is 3.05. The van der Waals surface area contributed by atoms with Crippen molar-refractivity contribution in [3.8, 4) is 6.07 Å². The number of carboxylic acid groups (broad SMARTS) is 1. The van der Waals surface area contributed by atoms with E-state index >= 15 is 0 Å². The summed E-state index contributed by atoms with van der Waals surface area (Å²) in [5, 5.41) is 18.7. The summed E-state index contributed by atoms with van der Waals surface area (Å²) in [6.07, 6.45) is 1.95. The van der Waals surface area contributed by atoms with Crippen molar-refractivity contribution in [3.63, 3.8) is 0 Å². The normalized spacial score (nSPS) is 12.3. The molecule has 0 aromatic carbocycles. The first-order chi connectivity index (χ1) is 8.57. The van der Waals surface area contributed by atoms with Gasteiger partial charge in [0.15, 0.2) is 0 Å². The van der Waals surface area contributed by atoms with Gasteiger partial charge >= 0.3 is 5.97 Å². The lowest BCUT2D eigenvalue weighted by Crippen LogP contribution is -2.08. The third-order valence-electron chi connectivity index (χ3n) is 3.05. The molecule has 0 aliphatic carbocycles. The molecule has 0 fully saturated rings. The van der Waals surface area contributed by atoms with Gasteiger partial charge in [-0.25, -0.2) is 9.78 Å². The van der Waals surface area contributed by atoms with Crippen molar-refractivity contribution in [2.24, 2.45) is 0 Å². The number of hydrogen-bond donors (Lipinski definition) is 1. The number of aromatic nitrogens is 2. The fraction of sp³-hybridized carbons (Fsp3) is 0.308. The van der Waals surface area contributed by atoms with Crippen LogP contribution in [0.15, 0.2) is 18.3 Å². The smallest absolute Gasteiger partial charge is 0.338 e. The average Bonchev–Trinajstić information content (AvgIpc) is 2.61. The summed E-state index contributed by atoms with van der Waals surface area (Å²) in [5.41, 5.74) is 1.52. The second-order valence-electron chi connectivity index (χ2n) is 4.22. The molecule has 0 bridgehead atoms. The molecule has 0 saturated heterocycles. The Hall–Kier alpha value is -2.35. The van der Waals surface area contributed by atoms with Crippen LogP contribution in [0, 0.1) is 18.3 Å². The lowest BCUT2D eigenvalue weighted by Gasteiger charge is -2.13. The minimum Gasteiger partial charge on any atom is -0.478 e. The van der Waals surface area contributed by atoms with Crippen molar-refractivity contribution < 1.29 is 9.90 Å². The molecule has 92 valence electrons. The summed E-state index contributed by atoms with van der Waals surface area (Å²) in [6.45, 7) is 3.63. The van der Waals surface area contributed by atoms with Gasteiger partial charge in [-0.1, -0.05) is 0 Å². The molecule has 18 heavy (non-hydrogen) atoms. The van der Waals surface area contributed by atoms with Crippen molar-refractivity contribution in [3.05, 3.63) is 29.6 Å². The Kier molecular flexibility index (Phi) is 3.02. The van der Waals surface area contributed by atoms with Gasteiger partial charge in [0.25, 0.3) is 0 Å². The molecule has 2 heterocycles. The van der Waals surface area contributed by atoms with Crippen LogP contribution in [0.2, 0.25) is 0 Å². The van der Waals surface area contributed by atoms with Crippen molar-refractivity contribution in [1.82, 2.24) is 9.55 Å². The maximum absolute atomic E-state index is 11.3. The van der Waals surface area contributed by atoms with Gasteiger partial charge in [0.05, 0.1) is 18.1 Å². The average molecular weight is 243 g/mol. The Labute approximate surface area is 104 Å². The van der Waals surface area contributed by atoms with E-state index in [1.54, 1.807) is 25.3 Å². The zero-order chi connectivity index (χ0) is 13.3. The summed E-state index contributed by atoms with van der Waals surface area (Å²) < 4.78 is 1.82. The molecule has 0 radical (unpaired) electrons. The molecule has 0 aliphatic rings. The number of fused-ring (bicyclic) bond motifs is 1. The lowest BCUT2D eigenvalue weighted by atomic mass is 10.2. The SMILES string of the molecule is Cc1c(C(=O)O)c2cccnc2n1C(C)CC#N. The van der Waals surface area contributed by atoms with E-state index < -0.39 is 5.97 Å². The quantitative estimate of drug-likeness (QED) is 0.898. The number of carboxylic acids is 1. The van der Waals surface area contributed by atoms with Gasteiger partial charge in [-0.05, 0) is 26.0 Å². The third kappa shape index (κ3) is 1.72. The van der Waals surface area contributed by atoms with Crippen LogP contribution < -0.4 is 0 Å². The Morgan fingerprint density at radius 2 is 2.39 bits per heavy atom. The maximum atomic E-state index is 11.3. The summed E-state index contributed by atoms with van der Waals surface area (Å²) in [6, 6.07) is 5.46. The number of pyridine rings is 1. The first-order valence-electron chi connectivity index (χ1n) is 5.63. The van der Waals surface area contributed by atoms with Crippen LogP contribution in [0.5, 0.6) is 0 Å². The molecule has 2 aromatic heterocycles.